The Kier molecular flexibility index (Phi) is 8.32. The molecule has 0 fully saturated rings. The van der Waals surface area contributed by atoms with Gasteiger partial charge >= 0.3 is 51.4 Å². The fraction of sp³-hybridized carbons (Fsp3) is 0.273. The van der Waals surface area contributed by atoms with Crippen molar-refractivity contribution in [3.63, 3.8) is 0 Å². The predicted molar refractivity (Wildman–Crippen MR) is 116 cm³/mol. The molecule has 26 heavy (non-hydrogen) atoms. The summed E-state index contributed by atoms with van der Waals surface area (Å²) in [5, 5.41) is 5.43. The molecule has 0 bridgehead atoms. The maximum atomic E-state index is 2.36. The van der Waals surface area contributed by atoms with Crippen LogP contribution in [0.4, 0.5) is 0 Å². The van der Waals surface area contributed by atoms with Crippen LogP contribution in [0.15, 0.2) is 41.8 Å². The average molecular weight is 417 g/mol. The third-order valence-corrected chi connectivity index (χ3v) is 13.1. The number of rotatable bonds is 3. The zero-order valence-corrected chi connectivity index (χ0v) is 22.9. The maximum absolute atomic E-state index is 2.36. The van der Waals surface area contributed by atoms with Crippen molar-refractivity contribution in [1.82, 2.24) is 0 Å². The van der Waals surface area contributed by atoms with Crippen LogP contribution < -0.4 is 66.3 Å². The standard InChI is InChI=1S/C22H25SSi2.K/c1-14-10-16(3)21(17(4)11-14)24-25(20-8-7-9-23-20)22-18(5)12-15(2)13-19(22)6;/h7-13H,1-6H3;/q-1;+1. The number of thiophene rings is 1. The van der Waals surface area contributed by atoms with Gasteiger partial charge in [0.25, 0.3) is 0 Å². The number of aryl methyl sites for hydroxylation is 6. The van der Waals surface area contributed by atoms with Gasteiger partial charge in [-0.2, -0.15) is 11.3 Å². The van der Waals surface area contributed by atoms with Crippen LogP contribution in [0.3, 0.4) is 0 Å². The molecule has 0 aliphatic carbocycles. The van der Waals surface area contributed by atoms with Gasteiger partial charge in [0.05, 0.1) is 0 Å². The molecule has 0 aliphatic rings. The normalized spacial score (nSPS) is 11.4. The Morgan fingerprint density at radius 1 is 0.769 bits per heavy atom. The van der Waals surface area contributed by atoms with Gasteiger partial charge in [-0.25, -0.2) is 5.19 Å². The van der Waals surface area contributed by atoms with Crippen LogP contribution in [0.1, 0.15) is 33.4 Å². The molecule has 1 aromatic heterocycles. The molecule has 0 amide bonds. The first-order chi connectivity index (χ1) is 11.9. The number of hydrogen-bond donors (Lipinski definition) is 0. The van der Waals surface area contributed by atoms with Crippen molar-refractivity contribution < 1.29 is 51.4 Å². The predicted octanol–water partition coefficient (Wildman–Crippen LogP) is 0.738. The molecule has 3 aromatic rings. The van der Waals surface area contributed by atoms with Crippen molar-refractivity contribution in [2.24, 2.45) is 0 Å². The van der Waals surface area contributed by atoms with E-state index in [1.807, 2.05) is 11.3 Å². The van der Waals surface area contributed by atoms with Crippen LogP contribution in [0.2, 0.25) is 0 Å². The Hall–Kier alpha value is 0.210. The van der Waals surface area contributed by atoms with Gasteiger partial charge in [-0.05, 0) is 51.4 Å². The van der Waals surface area contributed by atoms with Gasteiger partial charge in [-0.3, -0.25) is 0 Å². The fourth-order valence-electron chi connectivity index (χ4n) is 3.74. The summed E-state index contributed by atoms with van der Waals surface area (Å²) < 4.78 is 1.58. The summed E-state index contributed by atoms with van der Waals surface area (Å²) in [6, 6.07) is 14.0. The van der Waals surface area contributed by atoms with Crippen LogP contribution in [0.25, 0.3) is 0 Å². The monoisotopic (exact) mass is 416 g/mol. The molecular weight excluding hydrogens is 392 g/mol. The van der Waals surface area contributed by atoms with Gasteiger partial charge in [0.1, 0.15) is 0 Å². The van der Waals surface area contributed by atoms with E-state index in [-0.39, 0.29) is 51.4 Å². The van der Waals surface area contributed by atoms with Gasteiger partial charge < -0.3 is 8.61 Å². The van der Waals surface area contributed by atoms with E-state index < -0.39 is 7.89 Å². The molecular formula is C22H25KSSi2. The first-order valence-electron chi connectivity index (χ1n) is 8.70. The molecule has 0 saturated carbocycles. The third-order valence-electron chi connectivity index (χ3n) is 4.62. The van der Waals surface area contributed by atoms with Crippen LogP contribution in [0.5, 0.6) is 0 Å². The zero-order chi connectivity index (χ0) is 18.1. The molecule has 0 radical (unpaired) electrons. The molecule has 0 aliphatic heterocycles. The van der Waals surface area contributed by atoms with E-state index in [1.165, 1.54) is 33.4 Å². The van der Waals surface area contributed by atoms with Crippen molar-refractivity contribution in [1.29, 1.82) is 0 Å². The minimum absolute atomic E-state index is 0. The number of hydrogen-bond acceptors (Lipinski definition) is 1. The second-order valence-corrected chi connectivity index (χ2v) is 13.1. The summed E-state index contributed by atoms with van der Waals surface area (Å²) in [6.45, 7) is 13.6. The van der Waals surface area contributed by atoms with Gasteiger partial charge in [-0.15, -0.1) is 7.89 Å². The minimum Gasteiger partial charge on any atom is -0.407 e. The van der Waals surface area contributed by atoms with E-state index in [0.717, 1.165) is 8.61 Å². The van der Waals surface area contributed by atoms with Crippen LogP contribution in [0, 0.1) is 41.5 Å². The summed E-state index contributed by atoms with van der Waals surface area (Å²) in [4.78, 5) is 0. The van der Waals surface area contributed by atoms with E-state index in [2.05, 4.69) is 83.3 Å². The topological polar surface area (TPSA) is 0 Å². The van der Waals surface area contributed by atoms with Crippen molar-refractivity contribution >= 4 is 42.7 Å². The quantitative estimate of drug-likeness (QED) is 0.553. The van der Waals surface area contributed by atoms with Crippen molar-refractivity contribution in [3.8, 4) is 0 Å². The smallest absolute Gasteiger partial charge is 0.407 e. The van der Waals surface area contributed by atoms with Gasteiger partial charge in [0.2, 0.25) is 0 Å². The summed E-state index contributed by atoms with van der Waals surface area (Å²) in [5.74, 6) is 0. The molecule has 4 heteroatoms. The van der Waals surface area contributed by atoms with Gasteiger partial charge in [-0.1, -0.05) is 75.0 Å². The second kappa shape index (κ2) is 9.61. The molecule has 0 N–H and O–H groups in total. The summed E-state index contributed by atoms with van der Waals surface area (Å²) >= 11 is 1.93. The van der Waals surface area contributed by atoms with Crippen molar-refractivity contribution in [2.75, 3.05) is 0 Å². The Morgan fingerprint density at radius 3 is 1.73 bits per heavy atom. The molecule has 3 rings (SSSR count). The second-order valence-electron chi connectivity index (χ2n) is 7.02. The Balaban J connectivity index is 0.00000243. The van der Waals surface area contributed by atoms with Gasteiger partial charge in [0, 0.05) is 0 Å². The van der Waals surface area contributed by atoms with E-state index in [0.29, 0.717) is 0 Å². The molecule has 0 atom stereocenters. The maximum Gasteiger partial charge on any atom is 1.00 e. The van der Waals surface area contributed by atoms with Crippen LogP contribution in [-0.2, 0) is 0 Å². The minimum atomic E-state index is -0.796. The zero-order valence-electron chi connectivity index (χ0n) is 16.9. The Bertz CT molecular complexity index is 910. The first-order valence-corrected chi connectivity index (χ1v) is 13.1. The third kappa shape index (κ3) is 4.97. The van der Waals surface area contributed by atoms with Crippen molar-refractivity contribution in [3.05, 3.63) is 75.2 Å². The Morgan fingerprint density at radius 2 is 1.27 bits per heavy atom. The molecule has 1 heterocycles. The molecule has 0 unspecified atom stereocenters. The van der Waals surface area contributed by atoms with Crippen LogP contribution >= 0.6 is 11.3 Å². The molecule has 128 valence electrons. The molecule has 0 spiro atoms. The van der Waals surface area contributed by atoms with E-state index in [1.54, 1.807) is 14.9 Å². The summed E-state index contributed by atoms with van der Waals surface area (Å²) in [6.07, 6.45) is 0. The van der Waals surface area contributed by atoms with E-state index in [9.17, 15) is 0 Å². The summed E-state index contributed by atoms with van der Waals surface area (Å²) in [7, 11) is 0.0669. The molecule has 2 aromatic carbocycles. The fourth-order valence-corrected chi connectivity index (χ4v) is 12.8. The van der Waals surface area contributed by atoms with Crippen molar-refractivity contribution in [2.45, 2.75) is 41.5 Å². The van der Waals surface area contributed by atoms with E-state index >= 15 is 0 Å². The average Bonchev–Trinajstić information content (AvgIpc) is 3.01. The van der Waals surface area contributed by atoms with Crippen LogP contribution in [-0.4, -0.2) is 16.5 Å². The largest absolute Gasteiger partial charge is 1.00 e. The molecule has 0 nitrogen and oxygen atoms in total. The SMILES string of the molecule is Cc1cc(C)c([Si-]=[Si](c2cccs2)c2c(C)cc(C)cc2C)c(C)c1.[K+]. The summed E-state index contributed by atoms with van der Waals surface area (Å²) in [5.41, 5.74) is 8.59. The number of benzene rings is 2. The molecule has 0 saturated heterocycles. The Labute approximate surface area is 208 Å². The van der Waals surface area contributed by atoms with E-state index in [4.69, 9.17) is 0 Å². The van der Waals surface area contributed by atoms with Gasteiger partial charge in [0.15, 0.2) is 0 Å². The first kappa shape index (κ1) is 22.5.